The Morgan fingerprint density at radius 1 is 1.03 bits per heavy atom. The Bertz CT molecular complexity index is 1010. The van der Waals surface area contributed by atoms with Crippen molar-refractivity contribution in [2.75, 3.05) is 31.1 Å². The molecule has 0 saturated heterocycles. The van der Waals surface area contributed by atoms with E-state index in [1.54, 1.807) is 18.7 Å². The number of benzene rings is 2. The first kappa shape index (κ1) is 22.0. The lowest BCUT2D eigenvalue weighted by atomic mass is 10.0. The van der Waals surface area contributed by atoms with Crippen LogP contribution < -0.4 is 4.90 Å². The number of hydrogen-bond donors (Lipinski definition) is 0. The second kappa shape index (κ2) is 9.40. The van der Waals surface area contributed by atoms with Gasteiger partial charge in [-0.25, -0.2) is 13.2 Å². The monoisotopic (exact) mass is 430 g/mol. The van der Waals surface area contributed by atoms with Crippen LogP contribution >= 0.6 is 0 Å². The average molecular weight is 431 g/mol. The van der Waals surface area contributed by atoms with E-state index in [4.69, 9.17) is 4.74 Å². The Morgan fingerprint density at radius 3 is 2.37 bits per heavy atom. The van der Waals surface area contributed by atoms with E-state index < -0.39 is 16.0 Å². The van der Waals surface area contributed by atoms with E-state index in [2.05, 4.69) is 0 Å². The molecule has 0 spiro atoms. The lowest BCUT2D eigenvalue weighted by Crippen LogP contribution is -2.38. The van der Waals surface area contributed by atoms with Gasteiger partial charge in [0.25, 0.3) is 5.91 Å². The zero-order chi connectivity index (χ0) is 21.7. The van der Waals surface area contributed by atoms with Gasteiger partial charge < -0.3 is 9.64 Å². The predicted octanol–water partition coefficient (Wildman–Crippen LogP) is 2.85. The molecule has 0 N–H and O–H groups in total. The molecule has 0 bridgehead atoms. The van der Waals surface area contributed by atoms with Gasteiger partial charge in [0.2, 0.25) is 10.0 Å². The molecule has 1 aliphatic rings. The third-order valence-corrected chi connectivity index (χ3v) is 7.24. The maximum absolute atomic E-state index is 12.6. The molecule has 1 heterocycles. The Labute approximate surface area is 177 Å². The van der Waals surface area contributed by atoms with E-state index >= 15 is 0 Å². The molecule has 0 aromatic heterocycles. The molecule has 0 saturated carbocycles. The summed E-state index contributed by atoms with van der Waals surface area (Å²) >= 11 is 0. The van der Waals surface area contributed by atoms with Gasteiger partial charge in [0.15, 0.2) is 6.61 Å². The second-order valence-electron chi connectivity index (χ2n) is 6.97. The largest absolute Gasteiger partial charge is 0.452 e. The highest BCUT2D eigenvalue weighted by Gasteiger charge is 2.24. The molecule has 30 heavy (non-hydrogen) atoms. The molecule has 160 valence electrons. The Balaban J connectivity index is 1.64. The maximum Gasteiger partial charge on any atom is 0.338 e. The fraction of sp³-hybridized carbons (Fsp3) is 0.364. The molecule has 2 aromatic carbocycles. The summed E-state index contributed by atoms with van der Waals surface area (Å²) in [5.41, 5.74) is 2.16. The van der Waals surface area contributed by atoms with Crippen LogP contribution in [0, 0.1) is 0 Å². The number of sulfonamides is 1. The van der Waals surface area contributed by atoms with Crippen molar-refractivity contribution in [2.24, 2.45) is 0 Å². The number of anilines is 1. The fourth-order valence-corrected chi connectivity index (χ4v) is 5.01. The second-order valence-corrected chi connectivity index (χ2v) is 8.91. The third-order valence-electron chi connectivity index (χ3n) is 5.17. The van der Waals surface area contributed by atoms with Crippen molar-refractivity contribution < 1.29 is 22.7 Å². The van der Waals surface area contributed by atoms with Crippen LogP contribution in [-0.2, 0) is 26.0 Å². The molecule has 0 aliphatic carbocycles. The van der Waals surface area contributed by atoms with Gasteiger partial charge in [-0.1, -0.05) is 32.0 Å². The highest BCUT2D eigenvalue weighted by molar-refractivity contribution is 7.89. The number of ether oxygens (including phenoxy) is 1. The van der Waals surface area contributed by atoms with Gasteiger partial charge in [-0.15, -0.1) is 0 Å². The molecule has 8 heteroatoms. The molecular formula is C22H26N2O5S. The number of nitrogens with zero attached hydrogens (tertiary/aromatic N) is 2. The van der Waals surface area contributed by atoms with Crippen LogP contribution in [0.15, 0.2) is 53.4 Å². The van der Waals surface area contributed by atoms with Crippen molar-refractivity contribution in [1.82, 2.24) is 4.31 Å². The molecule has 0 unspecified atom stereocenters. The highest BCUT2D eigenvalue weighted by Crippen LogP contribution is 2.26. The quantitative estimate of drug-likeness (QED) is 0.631. The lowest BCUT2D eigenvalue weighted by Gasteiger charge is -2.29. The first-order valence-corrected chi connectivity index (χ1v) is 11.5. The SMILES string of the molecule is CCN(CC)S(=O)(=O)c1ccc(C(=O)OCC(=O)N2CCCc3ccccc32)cc1. The zero-order valence-electron chi connectivity index (χ0n) is 17.2. The van der Waals surface area contributed by atoms with Gasteiger partial charge in [0.05, 0.1) is 10.5 Å². The van der Waals surface area contributed by atoms with E-state index in [0.717, 1.165) is 24.1 Å². The molecule has 2 aromatic rings. The van der Waals surface area contributed by atoms with Crippen LogP contribution in [0.3, 0.4) is 0 Å². The molecule has 7 nitrogen and oxygen atoms in total. The van der Waals surface area contributed by atoms with Crippen LogP contribution in [0.4, 0.5) is 5.69 Å². The number of carbonyl (C=O) groups is 2. The van der Waals surface area contributed by atoms with Crippen LogP contribution in [0.1, 0.15) is 36.2 Å². The van der Waals surface area contributed by atoms with E-state index in [-0.39, 0.29) is 23.0 Å². The summed E-state index contributed by atoms with van der Waals surface area (Å²) in [5, 5.41) is 0. The van der Waals surface area contributed by atoms with Gasteiger partial charge in [-0.2, -0.15) is 4.31 Å². The average Bonchev–Trinajstić information content (AvgIpc) is 2.77. The number of fused-ring (bicyclic) bond motifs is 1. The topological polar surface area (TPSA) is 84.0 Å². The highest BCUT2D eigenvalue weighted by atomic mass is 32.2. The minimum absolute atomic E-state index is 0.115. The summed E-state index contributed by atoms with van der Waals surface area (Å²) in [5.74, 6) is -0.948. The van der Waals surface area contributed by atoms with Crippen LogP contribution in [0.25, 0.3) is 0 Å². The van der Waals surface area contributed by atoms with Gasteiger partial charge in [-0.05, 0) is 48.7 Å². The van der Waals surface area contributed by atoms with Gasteiger partial charge in [0.1, 0.15) is 0 Å². The predicted molar refractivity (Wildman–Crippen MR) is 114 cm³/mol. The normalized spacial score (nSPS) is 13.8. The third kappa shape index (κ3) is 4.55. The molecule has 1 aliphatic heterocycles. The van der Waals surface area contributed by atoms with Crippen molar-refractivity contribution in [3.8, 4) is 0 Å². The van der Waals surface area contributed by atoms with Crippen LogP contribution in [0.5, 0.6) is 0 Å². The first-order chi connectivity index (χ1) is 14.4. The molecule has 1 amide bonds. The van der Waals surface area contributed by atoms with Crippen molar-refractivity contribution in [3.05, 3.63) is 59.7 Å². The fourth-order valence-electron chi connectivity index (χ4n) is 3.56. The molecule has 3 rings (SSSR count). The van der Waals surface area contributed by atoms with Gasteiger partial charge >= 0.3 is 5.97 Å². The summed E-state index contributed by atoms with van der Waals surface area (Å²) in [7, 11) is -3.59. The zero-order valence-corrected chi connectivity index (χ0v) is 18.0. The summed E-state index contributed by atoms with van der Waals surface area (Å²) in [6, 6.07) is 13.3. The summed E-state index contributed by atoms with van der Waals surface area (Å²) in [6.45, 7) is 4.49. The van der Waals surface area contributed by atoms with Crippen molar-refractivity contribution in [3.63, 3.8) is 0 Å². The van der Waals surface area contributed by atoms with E-state index in [0.29, 0.717) is 19.6 Å². The van der Waals surface area contributed by atoms with Crippen molar-refractivity contribution in [2.45, 2.75) is 31.6 Å². The minimum atomic E-state index is -3.59. The summed E-state index contributed by atoms with van der Waals surface area (Å²) in [4.78, 5) is 26.7. The smallest absolute Gasteiger partial charge is 0.338 e. The standard InChI is InChI=1S/C22H26N2O5S/c1-3-23(4-2)30(27,28)19-13-11-18(12-14-19)22(26)29-16-21(25)24-15-7-9-17-8-5-6-10-20(17)24/h5-6,8,10-14H,3-4,7,9,15-16H2,1-2H3. The number of esters is 1. The van der Waals surface area contributed by atoms with E-state index in [1.807, 2.05) is 24.3 Å². The number of aryl methyl sites for hydroxylation is 1. The number of rotatable bonds is 7. The van der Waals surface area contributed by atoms with Gasteiger partial charge in [0, 0.05) is 25.3 Å². The Hall–Kier alpha value is -2.71. The Kier molecular flexibility index (Phi) is 6.89. The van der Waals surface area contributed by atoms with E-state index in [1.165, 1.54) is 28.6 Å². The van der Waals surface area contributed by atoms with E-state index in [9.17, 15) is 18.0 Å². The molecular weight excluding hydrogens is 404 g/mol. The van der Waals surface area contributed by atoms with Crippen LogP contribution in [-0.4, -0.2) is 50.8 Å². The van der Waals surface area contributed by atoms with Gasteiger partial charge in [-0.3, -0.25) is 4.79 Å². The maximum atomic E-state index is 12.6. The molecule has 0 radical (unpaired) electrons. The molecule has 0 fully saturated rings. The minimum Gasteiger partial charge on any atom is -0.452 e. The Morgan fingerprint density at radius 2 is 1.70 bits per heavy atom. The summed E-state index contributed by atoms with van der Waals surface area (Å²) < 4.78 is 31.6. The van der Waals surface area contributed by atoms with Crippen molar-refractivity contribution >= 4 is 27.6 Å². The number of amides is 1. The number of hydrogen-bond acceptors (Lipinski definition) is 5. The first-order valence-electron chi connectivity index (χ1n) is 10.0. The van der Waals surface area contributed by atoms with Crippen molar-refractivity contribution in [1.29, 1.82) is 0 Å². The molecule has 0 atom stereocenters. The number of carbonyl (C=O) groups excluding carboxylic acids is 2. The summed E-state index contributed by atoms with van der Waals surface area (Å²) in [6.07, 6.45) is 1.78. The number of para-hydroxylation sites is 1. The van der Waals surface area contributed by atoms with Crippen LogP contribution in [0.2, 0.25) is 0 Å². The lowest BCUT2D eigenvalue weighted by molar-refractivity contribution is -0.121.